The van der Waals surface area contributed by atoms with E-state index in [0.29, 0.717) is 11.8 Å². The Labute approximate surface area is 153 Å². The van der Waals surface area contributed by atoms with Crippen LogP contribution >= 0.6 is 0 Å². The van der Waals surface area contributed by atoms with Crippen molar-refractivity contribution in [3.8, 4) is 5.75 Å². The molecular formula is C20H26FN3O2. The van der Waals surface area contributed by atoms with Gasteiger partial charge in [-0.05, 0) is 30.9 Å². The number of rotatable bonds is 6. The normalized spacial score (nSPS) is 15.5. The quantitative estimate of drug-likeness (QED) is 0.793. The summed E-state index contributed by atoms with van der Waals surface area (Å²) in [5, 5.41) is 0. The predicted octanol–water partition coefficient (Wildman–Crippen LogP) is 3.46. The van der Waals surface area contributed by atoms with Gasteiger partial charge >= 0.3 is 0 Å². The third-order valence-corrected chi connectivity index (χ3v) is 4.87. The zero-order valence-electron chi connectivity index (χ0n) is 15.4. The first-order valence-electron chi connectivity index (χ1n) is 9.20. The van der Waals surface area contributed by atoms with E-state index in [0.717, 1.165) is 38.3 Å². The first kappa shape index (κ1) is 18.4. The molecule has 3 rings (SSSR count). The Morgan fingerprint density at radius 2 is 2.04 bits per heavy atom. The van der Waals surface area contributed by atoms with Crippen molar-refractivity contribution >= 4 is 5.91 Å². The molecule has 5 nitrogen and oxygen atoms in total. The lowest BCUT2D eigenvalue weighted by molar-refractivity contribution is -0.134. The van der Waals surface area contributed by atoms with Crippen molar-refractivity contribution in [1.29, 1.82) is 0 Å². The Hall–Kier alpha value is -2.37. The van der Waals surface area contributed by atoms with E-state index >= 15 is 0 Å². The third kappa shape index (κ3) is 4.42. The fourth-order valence-corrected chi connectivity index (χ4v) is 3.41. The van der Waals surface area contributed by atoms with Crippen molar-refractivity contribution in [2.75, 3.05) is 19.7 Å². The van der Waals surface area contributed by atoms with Gasteiger partial charge in [-0.25, -0.2) is 9.37 Å². The number of nitrogens with zero attached hydrogens (tertiary/aromatic N) is 3. The second-order valence-corrected chi connectivity index (χ2v) is 7.14. The highest BCUT2D eigenvalue weighted by Crippen LogP contribution is 2.22. The minimum absolute atomic E-state index is 0.0859. The van der Waals surface area contributed by atoms with Crippen LogP contribution in [-0.4, -0.2) is 40.1 Å². The summed E-state index contributed by atoms with van der Waals surface area (Å²) in [7, 11) is 0. The van der Waals surface area contributed by atoms with Crippen LogP contribution in [0.2, 0.25) is 0 Å². The minimum atomic E-state index is -0.444. The van der Waals surface area contributed by atoms with E-state index < -0.39 is 5.82 Å². The summed E-state index contributed by atoms with van der Waals surface area (Å²) in [4.78, 5) is 18.6. The Morgan fingerprint density at radius 1 is 1.31 bits per heavy atom. The van der Waals surface area contributed by atoms with Crippen LogP contribution < -0.4 is 4.74 Å². The number of benzene rings is 1. The fourth-order valence-electron chi connectivity index (χ4n) is 3.41. The van der Waals surface area contributed by atoms with Gasteiger partial charge in [0.2, 0.25) is 0 Å². The fraction of sp³-hybridized carbons (Fsp3) is 0.500. The maximum absolute atomic E-state index is 13.5. The summed E-state index contributed by atoms with van der Waals surface area (Å²) in [5.74, 6) is 1.65. The number of amides is 1. The van der Waals surface area contributed by atoms with Gasteiger partial charge in [-0.2, -0.15) is 0 Å². The number of ether oxygens (including phenoxy) is 1. The summed E-state index contributed by atoms with van der Waals surface area (Å²) >= 11 is 0. The SMILES string of the molecule is CC(C)c1nccn1CC1CCN(C(=O)COc2ccccc2F)CC1. The first-order valence-corrected chi connectivity index (χ1v) is 9.20. The molecule has 1 aromatic carbocycles. The molecule has 140 valence electrons. The number of hydrogen-bond donors (Lipinski definition) is 0. The van der Waals surface area contributed by atoms with Crippen LogP contribution in [0.4, 0.5) is 4.39 Å². The van der Waals surface area contributed by atoms with Crippen LogP contribution in [0.15, 0.2) is 36.7 Å². The molecule has 0 saturated carbocycles. The van der Waals surface area contributed by atoms with Crippen molar-refractivity contribution < 1.29 is 13.9 Å². The van der Waals surface area contributed by atoms with Gasteiger partial charge in [-0.1, -0.05) is 26.0 Å². The summed E-state index contributed by atoms with van der Waals surface area (Å²) < 4.78 is 21.1. The molecule has 0 unspecified atom stereocenters. The number of aromatic nitrogens is 2. The smallest absolute Gasteiger partial charge is 0.260 e. The standard InChI is InChI=1S/C20H26FN3O2/c1-15(2)20-22-9-12-24(20)13-16-7-10-23(11-8-16)19(25)14-26-18-6-4-3-5-17(18)21/h3-6,9,12,15-16H,7-8,10-11,13-14H2,1-2H3. The Kier molecular flexibility index (Phi) is 5.91. The molecular weight excluding hydrogens is 333 g/mol. The van der Waals surface area contributed by atoms with Gasteiger partial charge in [0.1, 0.15) is 5.82 Å². The zero-order valence-corrected chi connectivity index (χ0v) is 15.4. The molecule has 0 atom stereocenters. The minimum Gasteiger partial charge on any atom is -0.481 e. The van der Waals surface area contributed by atoms with E-state index in [2.05, 4.69) is 23.4 Å². The zero-order chi connectivity index (χ0) is 18.5. The monoisotopic (exact) mass is 359 g/mol. The average Bonchev–Trinajstić information content (AvgIpc) is 3.10. The van der Waals surface area contributed by atoms with E-state index in [1.165, 1.54) is 12.1 Å². The van der Waals surface area contributed by atoms with E-state index in [9.17, 15) is 9.18 Å². The average molecular weight is 359 g/mol. The highest BCUT2D eigenvalue weighted by molar-refractivity contribution is 5.77. The molecule has 6 heteroatoms. The molecule has 1 saturated heterocycles. The first-order chi connectivity index (χ1) is 12.5. The molecule has 0 bridgehead atoms. The van der Waals surface area contributed by atoms with E-state index in [1.54, 1.807) is 12.1 Å². The highest BCUT2D eigenvalue weighted by atomic mass is 19.1. The summed E-state index contributed by atoms with van der Waals surface area (Å²) in [6.45, 7) is 6.56. The Balaban J connectivity index is 1.46. The largest absolute Gasteiger partial charge is 0.481 e. The Bertz CT molecular complexity index is 736. The molecule has 1 aliphatic rings. The second kappa shape index (κ2) is 8.34. The van der Waals surface area contributed by atoms with Gasteiger partial charge < -0.3 is 14.2 Å². The summed E-state index contributed by atoms with van der Waals surface area (Å²) in [6, 6.07) is 6.15. The van der Waals surface area contributed by atoms with Gasteiger partial charge in [-0.15, -0.1) is 0 Å². The number of piperidine rings is 1. The maximum atomic E-state index is 13.5. The van der Waals surface area contributed by atoms with Crippen molar-refractivity contribution in [1.82, 2.24) is 14.5 Å². The second-order valence-electron chi connectivity index (χ2n) is 7.14. The number of carbonyl (C=O) groups is 1. The Morgan fingerprint density at radius 3 is 2.73 bits per heavy atom. The molecule has 26 heavy (non-hydrogen) atoms. The predicted molar refractivity (Wildman–Crippen MR) is 97.5 cm³/mol. The molecule has 1 amide bonds. The topological polar surface area (TPSA) is 47.4 Å². The molecule has 1 aliphatic heterocycles. The number of halogens is 1. The van der Waals surface area contributed by atoms with Crippen molar-refractivity contribution in [2.24, 2.45) is 5.92 Å². The maximum Gasteiger partial charge on any atom is 0.260 e. The molecule has 2 heterocycles. The van der Waals surface area contributed by atoms with Gasteiger partial charge in [0, 0.05) is 37.9 Å². The van der Waals surface area contributed by atoms with Crippen molar-refractivity contribution in [3.05, 3.63) is 48.3 Å². The van der Waals surface area contributed by atoms with Gasteiger partial charge in [0.25, 0.3) is 5.91 Å². The van der Waals surface area contributed by atoms with E-state index in [1.807, 2.05) is 17.3 Å². The number of hydrogen-bond acceptors (Lipinski definition) is 3. The molecule has 1 aromatic heterocycles. The summed E-state index contributed by atoms with van der Waals surface area (Å²) in [5.41, 5.74) is 0. The lowest BCUT2D eigenvalue weighted by atomic mass is 9.96. The van der Waals surface area contributed by atoms with Crippen LogP contribution in [0.5, 0.6) is 5.75 Å². The van der Waals surface area contributed by atoms with Crippen molar-refractivity contribution in [3.63, 3.8) is 0 Å². The summed E-state index contributed by atoms with van der Waals surface area (Å²) in [6.07, 6.45) is 5.81. The third-order valence-electron chi connectivity index (χ3n) is 4.87. The van der Waals surface area contributed by atoms with E-state index in [4.69, 9.17) is 4.74 Å². The van der Waals surface area contributed by atoms with Crippen molar-refractivity contribution in [2.45, 2.75) is 39.2 Å². The molecule has 1 fully saturated rings. The molecule has 0 spiro atoms. The van der Waals surface area contributed by atoms with Crippen LogP contribution in [0.25, 0.3) is 0 Å². The molecule has 2 aromatic rings. The number of carbonyl (C=O) groups excluding carboxylic acids is 1. The van der Waals surface area contributed by atoms with Crippen LogP contribution in [0, 0.1) is 11.7 Å². The van der Waals surface area contributed by atoms with Crippen LogP contribution in [-0.2, 0) is 11.3 Å². The van der Waals surface area contributed by atoms with Gasteiger partial charge in [0.15, 0.2) is 18.2 Å². The van der Waals surface area contributed by atoms with Crippen LogP contribution in [0.3, 0.4) is 0 Å². The lowest BCUT2D eigenvalue weighted by Gasteiger charge is -2.32. The lowest BCUT2D eigenvalue weighted by Crippen LogP contribution is -2.41. The number of imidazole rings is 1. The van der Waals surface area contributed by atoms with Crippen LogP contribution in [0.1, 0.15) is 38.4 Å². The molecule has 0 aliphatic carbocycles. The number of likely N-dealkylation sites (tertiary alicyclic amines) is 1. The van der Waals surface area contributed by atoms with Gasteiger partial charge in [-0.3, -0.25) is 4.79 Å². The number of para-hydroxylation sites is 1. The van der Waals surface area contributed by atoms with Gasteiger partial charge in [0.05, 0.1) is 0 Å². The van der Waals surface area contributed by atoms with E-state index in [-0.39, 0.29) is 18.3 Å². The molecule has 0 radical (unpaired) electrons. The molecule has 0 N–H and O–H groups in total. The highest BCUT2D eigenvalue weighted by Gasteiger charge is 2.24.